The average molecular weight is 196 g/mol. The van der Waals surface area contributed by atoms with Crippen molar-refractivity contribution in [3.05, 3.63) is 0 Å². The molecule has 0 bridgehead atoms. The Bertz CT molecular complexity index is 27.2. The number of hydrogen-bond acceptors (Lipinski definition) is 0. The second-order valence-corrected chi connectivity index (χ2v) is 23.5. The van der Waals surface area contributed by atoms with E-state index in [1.54, 1.807) is 0 Å². The highest BCUT2D eigenvalue weighted by molar-refractivity contribution is 7.68. The molecule has 0 spiro atoms. The summed E-state index contributed by atoms with van der Waals surface area (Å²) >= 11 is 16.5. The molecule has 0 rings (SSSR count). The van der Waals surface area contributed by atoms with E-state index in [9.17, 15) is 0 Å². The van der Waals surface area contributed by atoms with Crippen molar-refractivity contribution in [1.82, 2.24) is 0 Å². The monoisotopic (exact) mass is 194 g/mol. The molecule has 0 aliphatic carbocycles. The topological polar surface area (TPSA) is 0 Å². The van der Waals surface area contributed by atoms with E-state index in [0.29, 0.717) is 0 Å². The molecule has 0 aromatic carbocycles. The molecule has 0 heterocycles. The summed E-state index contributed by atoms with van der Waals surface area (Å²) in [4.78, 5) is 0. The lowest BCUT2D eigenvalue weighted by atomic mass is 26.6. The van der Waals surface area contributed by atoms with E-state index in [-0.39, 0.29) is 16.9 Å². The Morgan fingerprint density at radius 2 is 1.83 bits per heavy atom. The third-order valence-electron chi connectivity index (χ3n) is 0.327. The fourth-order valence-electron chi connectivity index (χ4n) is 0.0825. The van der Waals surface area contributed by atoms with Crippen LogP contribution >= 0.6 is 33.2 Å². The molecule has 0 aromatic rings. The van der Waals surface area contributed by atoms with Crippen LogP contribution in [0.5, 0.6) is 0 Å². The third-order valence-corrected chi connectivity index (χ3v) is 26.5. The van der Waals surface area contributed by atoms with Crippen molar-refractivity contribution >= 4 is 57.1 Å². The van der Waals surface area contributed by atoms with Gasteiger partial charge in [0, 0.05) is 0 Å². The minimum atomic E-state index is -1.16. The summed E-state index contributed by atoms with van der Waals surface area (Å²) in [5.74, 6) is 0. The first-order chi connectivity index (χ1) is 2.77. The van der Waals surface area contributed by atoms with E-state index >= 15 is 0 Å². The molecular weight excluding hydrogens is 191 g/mol. The first-order valence-corrected chi connectivity index (χ1v) is 14.5. The van der Waals surface area contributed by atoms with Gasteiger partial charge < -0.3 is 0 Å². The van der Waals surface area contributed by atoms with Crippen molar-refractivity contribution in [1.29, 1.82) is 0 Å². The van der Waals surface area contributed by atoms with Crippen LogP contribution in [-0.2, 0) is 0 Å². The highest BCUT2D eigenvalue weighted by Crippen LogP contribution is 1.90. The molecule has 0 aliphatic heterocycles. The second-order valence-electron chi connectivity index (χ2n) is 0.869. The lowest BCUT2D eigenvalue weighted by molar-refractivity contribution is 3.88. The summed E-state index contributed by atoms with van der Waals surface area (Å²) < 4.78 is 0. The van der Waals surface area contributed by atoms with Gasteiger partial charge in [-0.05, 0) is 0 Å². The molecule has 0 saturated carbocycles. The Hall–Kier alpha value is 1.52. The minimum Gasteiger partial charge on any atom is -0.180 e. The Balaban J connectivity index is 2.63. The van der Waals surface area contributed by atoms with Crippen LogP contribution in [0, 0.1) is 0 Å². The van der Waals surface area contributed by atoms with Gasteiger partial charge in [0.15, 0.2) is 0 Å². The van der Waals surface area contributed by atoms with Gasteiger partial charge in [-0.2, -0.15) is 33.2 Å². The zero-order chi connectivity index (χ0) is 4.99. The van der Waals surface area contributed by atoms with Crippen LogP contribution in [0.1, 0.15) is 0 Å². The molecule has 0 radical (unpaired) electrons. The van der Waals surface area contributed by atoms with Crippen LogP contribution in [0.3, 0.4) is 0 Å². The standard InChI is InChI=1S/Cl3H5Si3/c1-4-5-6(2)3/h6H,4-5H2. The predicted octanol–water partition coefficient (Wildman–Crippen LogP) is -0.412. The Morgan fingerprint density at radius 3 is 1.83 bits per heavy atom. The van der Waals surface area contributed by atoms with Gasteiger partial charge in [-0.15, -0.1) is 0 Å². The first-order valence-electron chi connectivity index (χ1n) is 1.61. The molecule has 0 aliphatic rings. The summed E-state index contributed by atoms with van der Waals surface area (Å²) in [7, 11) is -0.294. The lowest BCUT2D eigenvalue weighted by Crippen LogP contribution is -2.10. The lowest BCUT2D eigenvalue weighted by Gasteiger charge is -1.84. The smallest absolute Gasteiger partial charge is 0.180 e. The molecule has 6 heavy (non-hydrogen) atoms. The van der Waals surface area contributed by atoms with E-state index in [0.717, 1.165) is 0 Å². The van der Waals surface area contributed by atoms with Crippen molar-refractivity contribution < 1.29 is 0 Å². The zero-order valence-electron chi connectivity index (χ0n) is 3.13. The molecule has 6 heteroatoms. The third kappa shape index (κ3) is 5.52. The van der Waals surface area contributed by atoms with Crippen LogP contribution in [-0.4, -0.2) is 23.8 Å². The van der Waals surface area contributed by atoms with Crippen LogP contribution in [0.4, 0.5) is 0 Å². The van der Waals surface area contributed by atoms with Gasteiger partial charge in [-0.1, -0.05) is 0 Å². The van der Waals surface area contributed by atoms with E-state index in [1.807, 2.05) is 0 Å². The Kier molecular flexibility index (Phi) is 5.86. The van der Waals surface area contributed by atoms with Crippen molar-refractivity contribution in [3.63, 3.8) is 0 Å². The highest BCUT2D eigenvalue weighted by atomic mass is 35.7. The van der Waals surface area contributed by atoms with Crippen molar-refractivity contribution in [3.8, 4) is 0 Å². The normalized spacial score (nSPS) is 14.0. The number of hydrogen-bond donors (Lipinski definition) is 0. The maximum atomic E-state index is 5.49. The maximum absolute atomic E-state index is 5.49. The SMILES string of the molecule is Cl[SiH2][SiH2][SiH](Cl)Cl. The molecule has 0 saturated heterocycles. The number of halogens is 3. The van der Waals surface area contributed by atoms with Gasteiger partial charge in [-0.25, -0.2) is 0 Å². The van der Waals surface area contributed by atoms with Gasteiger partial charge in [0.2, 0.25) is 6.93 Å². The summed E-state index contributed by atoms with van der Waals surface area (Å²) in [5.41, 5.74) is 0. The summed E-state index contributed by atoms with van der Waals surface area (Å²) in [6.45, 7) is -1.16. The highest BCUT2D eigenvalue weighted by Gasteiger charge is 1.98. The summed E-state index contributed by atoms with van der Waals surface area (Å²) in [5, 5.41) is 0. The first kappa shape index (κ1) is 7.52. The molecule has 0 atom stereocenters. The van der Waals surface area contributed by atoms with E-state index < -0.39 is 6.93 Å². The number of rotatable bonds is 2. The summed E-state index contributed by atoms with van der Waals surface area (Å²) in [6, 6.07) is 0. The van der Waals surface area contributed by atoms with E-state index in [1.165, 1.54) is 0 Å². The molecule has 0 nitrogen and oxygen atoms in total. The van der Waals surface area contributed by atoms with E-state index in [2.05, 4.69) is 0 Å². The van der Waals surface area contributed by atoms with E-state index in [4.69, 9.17) is 33.2 Å². The van der Waals surface area contributed by atoms with Gasteiger partial charge >= 0.3 is 0 Å². The van der Waals surface area contributed by atoms with Crippen LogP contribution in [0.25, 0.3) is 0 Å². The fourth-order valence-corrected chi connectivity index (χ4v) is 20.0. The second kappa shape index (κ2) is 4.67. The average Bonchev–Trinajstić information content (AvgIpc) is 1.35. The van der Waals surface area contributed by atoms with Crippen LogP contribution in [0.15, 0.2) is 0 Å². The Labute approximate surface area is 57.1 Å². The zero-order valence-corrected chi connectivity index (χ0v) is 9.38. The minimum absolute atomic E-state index is 0.0694. The van der Waals surface area contributed by atoms with Crippen molar-refractivity contribution in [2.24, 2.45) is 0 Å². The Morgan fingerprint density at radius 1 is 1.33 bits per heavy atom. The molecule has 0 N–H and O–H groups in total. The van der Waals surface area contributed by atoms with Crippen LogP contribution < -0.4 is 0 Å². The quantitative estimate of drug-likeness (QED) is 0.415. The molecule has 38 valence electrons. The van der Waals surface area contributed by atoms with Gasteiger partial charge in [0.05, 0.1) is 8.55 Å². The summed E-state index contributed by atoms with van der Waals surface area (Å²) in [6.07, 6.45) is 0. The van der Waals surface area contributed by atoms with Gasteiger partial charge in [0.25, 0.3) is 0 Å². The largest absolute Gasteiger partial charge is 0.216 e. The van der Waals surface area contributed by atoms with Crippen molar-refractivity contribution in [2.75, 3.05) is 0 Å². The van der Waals surface area contributed by atoms with Gasteiger partial charge in [-0.3, -0.25) is 0 Å². The van der Waals surface area contributed by atoms with Crippen LogP contribution in [0.2, 0.25) is 0 Å². The molecular formula is H5Cl3Si3. The van der Waals surface area contributed by atoms with Gasteiger partial charge in [0.1, 0.15) is 8.35 Å². The fraction of sp³-hybridized carbons (Fsp3) is 0. The molecule has 0 fully saturated rings. The maximum Gasteiger partial charge on any atom is 0.216 e. The molecule has 0 aromatic heterocycles. The molecule has 0 amide bonds. The predicted molar refractivity (Wildman–Crippen MR) is 41.8 cm³/mol. The molecule has 0 unspecified atom stereocenters. The van der Waals surface area contributed by atoms with Crippen molar-refractivity contribution in [2.45, 2.75) is 0 Å².